The molecule has 3 heteroatoms. The lowest BCUT2D eigenvalue weighted by Crippen LogP contribution is -2.37. The predicted octanol–water partition coefficient (Wildman–Crippen LogP) is 3.93. The number of benzene rings is 1. The minimum atomic E-state index is -0.867. The van der Waals surface area contributed by atoms with Crippen molar-refractivity contribution in [3.8, 4) is 0 Å². The summed E-state index contributed by atoms with van der Waals surface area (Å²) >= 11 is 0. The molecule has 2 N–H and O–H groups in total. The van der Waals surface area contributed by atoms with Gasteiger partial charge in [-0.1, -0.05) is 20.3 Å². The first-order valence-electron chi connectivity index (χ1n) is 7.09. The molecule has 0 radical (unpaired) electrons. The normalized spacial score (nSPS) is 27.0. The van der Waals surface area contributed by atoms with Gasteiger partial charge in [0.15, 0.2) is 0 Å². The summed E-state index contributed by atoms with van der Waals surface area (Å²) in [6.45, 7) is 6.56. The number of carboxylic acids is 1. The summed E-state index contributed by atoms with van der Waals surface area (Å²) in [4.78, 5) is 10.9. The van der Waals surface area contributed by atoms with Crippen LogP contribution in [0.3, 0.4) is 0 Å². The molecule has 19 heavy (non-hydrogen) atoms. The second-order valence-electron chi connectivity index (χ2n) is 5.89. The molecule has 2 unspecified atom stereocenters. The summed E-state index contributed by atoms with van der Waals surface area (Å²) in [6.07, 6.45) is 3.86. The molecule has 1 fully saturated rings. The molecule has 1 saturated carbocycles. The summed E-state index contributed by atoms with van der Waals surface area (Å²) in [5, 5.41) is 12.6. The average Bonchev–Trinajstić information content (AvgIpc) is 2.35. The van der Waals surface area contributed by atoms with E-state index in [4.69, 9.17) is 5.11 Å². The van der Waals surface area contributed by atoms with Gasteiger partial charge in [0.05, 0.1) is 5.56 Å². The van der Waals surface area contributed by atoms with Crippen LogP contribution in [0.25, 0.3) is 0 Å². The zero-order valence-electron chi connectivity index (χ0n) is 11.9. The molecular weight excluding hydrogens is 238 g/mol. The lowest BCUT2D eigenvalue weighted by molar-refractivity contribution is 0.0697. The van der Waals surface area contributed by atoms with Crippen molar-refractivity contribution in [1.82, 2.24) is 0 Å². The van der Waals surface area contributed by atoms with Gasteiger partial charge in [0, 0.05) is 11.7 Å². The molecule has 0 bridgehead atoms. The average molecular weight is 261 g/mol. The van der Waals surface area contributed by atoms with E-state index < -0.39 is 5.97 Å². The summed E-state index contributed by atoms with van der Waals surface area (Å²) in [5.74, 6) is 0.471. The van der Waals surface area contributed by atoms with E-state index in [0.29, 0.717) is 23.4 Å². The molecule has 0 aromatic heterocycles. The highest BCUT2D eigenvalue weighted by Gasteiger charge is 2.27. The number of carbonyl (C=O) groups is 1. The topological polar surface area (TPSA) is 49.3 Å². The fraction of sp³-hybridized carbons (Fsp3) is 0.562. The molecule has 0 aliphatic heterocycles. The van der Waals surface area contributed by atoms with Crippen LogP contribution in [0.1, 0.15) is 49.0 Å². The van der Waals surface area contributed by atoms with E-state index in [2.05, 4.69) is 19.2 Å². The Morgan fingerprint density at radius 1 is 1.26 bits per heavy atom. The maximum absolute atomic E-state index is 10.9. The van der Waals surface area contributed by atoms with Crippen LogP contribution in [-0.2, 0) is 0 Å². The van der Waals surface area contributed by atoms with Gasteiger partial charge in [-0.2, -0.15) is 0 Å². The van der Waals surface area contributed by atoms with Gasteiger partial charge in [-0.15, -0.1) is 0 Å². The van der Waals surface area contributed by atoms with Gasteiger partial charge in [-0.05, 0) is 55.4 Å². The van der Waals surface area contributed by atoms with Gasteiger partial charge in [-0.25, -0.2) is 4.79 Å². The number of aryl methyl sites for hydroxylation is 1. The summed E-state index contributed by atoms with van der Waals surface area (Å²) in [7, 11) is 0. The van der Waals surface area contributed by atoms with Gasteiger partial charge in [0.25, 0.3) is 0 Å². The zero-order valence-corrected chi connectivity index (χ0v) is 11.9. The van der Waals surface area contributed by atoms with Crippen LogP contribution in [0.4, 0.5) is 5.69 Å². The standard InChI is InChI=1S/C16H23NO2/c1-10-5-4-6-11(2)15(10)17-14-8-7-13(16(18)19)9-12(14)3/h7-11,15,17H,4-6H2,1-3H3,(H,18,19). The van der Waals surface area contributed by atoms with E-state index >= 15 is 0 Å². The molecule has 3 nitrogen and oxygen atoms in total. The third kappa shape index (κ3) is 3.09. The van der Waals surface area contributed by atoms with E-state index in [1.165, 1.54) is 19.3 Å². The predicted molar refractivity (Wildman–Crippen MR) is 77.7 cm³/mol. The van der Waals surface area contributed by atoms with Gasteiger partial charge in [-0.3, -0.25) is 0 Å². The van der Waals surface area contributed by atoms with Crippen LogP contribution in [0, 0.1) is 18.8 Å². The first kappa shape index (κ1) is 13.9. The van der Waals surface area contributed by atoms with E-state index in [-0.39, 0.29) is 0 Å². The highest BCUT2D eigenvalue weighted by Crippen LogP contribution is 2.32. The van der Waals surface area contributed by atoms with Crippen LogP contribution < -0.4 is 5.32 Å². The van der Waals surface area contributed by atoms with E-state index in [1.54, 1.807) is 12.1 Å². The van der Waals surface area contributed by atoms with Crippen molar-refractivity contribution in [2.75, 3.05) is 5.32 Å². The Morgan fingerprint density at radius 2 is 1.89 bits per heavy atom. The first-order chi connectivity index (χ1) is 8.99. The summed E-state index contributed by atoms with van der Waals surface area (Å²) < 4.78 is 0. The van der Waals surface area contributed by atoms with Crippen molar-refractivity contribution >= 4 is 11.7 Å². The van der Waals surface area contributed by atoms with Crippen LogP contribution in [0.2, 0.25) is 0 Å². The van der Waals surface area contributed by atoms with E-state index in [0.717, 1.165) is 11.3 Å². The van der Waals surface area contributed by atoms with Crippen molar-refractivity contribution < 1.29 is 9.90 Å². The third-order valence-electron chi connectivity index (χ3n) is 4.34. The number of hydrogen-bond acceptors (Lipinski definition) is 2. The Kier molecular flexibility index (Phi) is 4.13. The molecule has 0 amide bonds. The lowest BCUT2D eigenvalue weighted by Gasteiger charge is -2.36. The summed E-state index contributed by atoms with van der Waals surface area (Å²) in [5.41, 5.74) is 2.42. The van der Waals surface area contributed by atoms with Crippen molar-refractivity contribution in [3.05, 3.63) is 29.3 Å². The SMILES string of the molecule is Cc1cc(C(=O)O)ccc1NC1C(C)CCCC1C. The fourth-order valence-electron chi connectivity index (χ4n) is 3.10. The monoisotopic (exact) mass is 261 g/mol. The highest BCUT2D eigenvalue weighted by atomic mass is 16.4. The molecule has 0 spiro atoms. The smallest absolute Gasteiger partial charge is 0.335 e. The molecule has 2 rings (SSSR count). The first-order valence-corrected chi connectivity index (χ1v) is 7.09. The Hall–Kier alpha value is -1.51. The number of rotatable bonds is 3. The largest absolute Gasteiger partial charge is 0.478 e. The molecule has 0 heterocycles. The Labute approximate surface area is 115 Å². The van der Waals surface area contributed by atoms with Crippen molar-refractivity contribution in [1.29, 1.82) is 0 Å². The van der Waals surface area contributed by atoms with Crippen LogP contribution in [-0.4, -0.2) is 17.1 Å². The molecule has 1 aliphatic rings. The molecule has 104 valence electrons. The maximum atomic E-state index is 10.9. The zero-order chi connectivity index (χ0) is 14.0. The van der Waals surface area contributed by atoms with Crippen LogP contribution in [0.5, 0.6) is 0 Å². The molecule has 0 saturated heterocycles. The number of aromatic carboxylic acids is 1. The van der Waals surface area contributed by atoms with E-state index in [1.807, 2.05) is 13.0 Å². The van der Waals surface area contributed by atoms with Crippen LogP contribution in [0.15, 0.2) is 18.2 Å². The fourth-order valence-corrected chi connectivity index (χ4v) is 3.10. The minimum absolute atomic E-state index is 0.354. The van der Waals surface area contributed by atoms with Crippen molar-refractivity contribution in [2.45, 2.75) is 46.1 Å². The second kappa shape index (κ2) is 5.64. The van der Waals surface area contributed by atoms with Crippen molar-refractivity contribution in [3.63, 3.8) is 0 Å². The highest BCUT2D eigenvalue weighted by molar-refractivity contribution is 5.88. The van der Waals surface area contributed by atoms with Gasteiger partial charge in [0.2, 0.25) is 0 Å². The number of nitrogens with one attached hydrogen (secondary N) is 1. The Balaban J connectivity index is 2.16. The van der Waals surface area contributed by atoms with Crippen molar-refractivity contribution in [2.24, 2.45) is 11.8 Å². The quantitative estimate of drug-likeness (QED) is 0.866. The molecule has 1 aromatic carbocycles. The van der Waals surface area contributed by atoms with E-state index in [9.17, 15) is 4.79 Å². The van der Waals surface area contributed by atoms with Gasteiger partial charge >= 0.3 is 5.97 Å². The third-order valence-corrected chi connectivity index (χ3v) is 4.34. The second-order valence-corrected chi connectivity index (χ2v) is 5.89. The number of carboxylic acid groups (broad SMARTS) is 1. The molecule has 1 aromatic rings. The maximum Gasteiger partial charge on any atom is 0.335 e. The number of hydrogen-bond donors (Lipinski definition) is 2. The molecule has 1 aliphatic carbocycles. The van der Waals surface area contributed by atoms with Crippen LogP contribution >= 0.6 is 0 Å². The lowest BCUT2D eigenvalue weighted by atomic mass is 9.78. The number of anilines is 1. The van der Waals surface area contributed by atoms with Gasteiger partial charge in [0.1, 0.15) is 0 Å². The minimum Gasteiger partial charge on any atom is -0.478 e. The summed E-state index contributed by atoms with van der Waals surface area (Å²) in [6, 6.07) is 5.80. The molecular formula is C16H23NO2. The Bertz CT molecular complexity index is 460. The molecule has 2 atom stereocenters. The Morgan fingerprint density at radius 3 is 2.42 bits per heavy atom. The van der Waals surface area contributed by atoms with Gasteiger partial charge < -0.3 is 10.4 Å².